The van der Waals surface area contributed by atoms with Crippen molar-refractivity contribution < 1.29 is 19.4 Å². The molecule has 0 aromatic carbocycles. The quantitative estimate of drug-likeness (QED) is 0.0650. The molecular weight excluding hydrogens is 448 g/mol. The van der Waals surface area contributed by atoms with Gasteiger partial charge in [-0.2, -0.15) is 0 Å². The van der Waals surface area contributed by atoms with Gasteiger partial charge in [0.2, 0.25) is 0 Å². The maximum Gasteiger partial charge on any atom is 0.306 e. The van der Waals surface area contributed by atoms with E-state index in [2.05, 4.69) is 38.2 Å². The zero-order valence-electron chi connectivity index (χ0n) is 24.0. The second-order valence-electron chi connectivity index (χ2n) is 10.2. The molecule has 0 aliphatic heterocycles. The first kappa shape index (κ1) is 34.9. The molecule has 1 N–H and O–H groups in total. The molecule has 0 aliphatic carbocycles. The molecule has 0 heterocycles. The highest BCUT2D eigenvalue weighted by Gasteiger charge is 2.13. The molecule has 36 heavy (non-hydrogen) atoms. The molecule has 1 atom stereocenters. The van der Waals surface area contributed by atoms with E-state index in [-0.39, 0.29) is 12.6 Å². The molecule has 212 valence electrons. The Kier molecular flexibility index (Phi) is 29.2. The SMILES string of the molecule is CCC/C=C\C/C=C\CCCCCCCCOCC(CO)OC(=O)CCCCCCCCCCCC. The summed E-state index contributed by atoms with van der Waals surface area (Å²) in [5.74, 6) is -0.208. The van der Waals surface area contributed by atoms with Crippen molar-refractivity contribution in [3.05, 3.63) is 24.3 Å². The Hall–Kier alpha value is -1.13. The van der Waals surface area contributed by atoms with Crippen LogP contribution in [0.4, 0.5) is 0 Å². The Bertz CT molecular complexity index is 500. The minimum absolute atomic E-state index is 0.173. The van der Waals surface area contributed by atoms with Crippen molar-refractivity contribution in [3.63, 3.8) is 0 Å². The van der Waals surface area contributed by atoms with Gasteiger partial charge >= 0.3 is 5.97 Å². The molecule has 0 aliphatic rings. The first-order valence-electron chi connectivity index (χ1n) is 15.4. The van der Waals surface area contributed by atoms with E-state index in [9.17, 15) is 9.90 Å². The summed E-state index contributed by atoms with van der Waals surface area (Å²) in [6, 6.07) is 0. The summed E-state index contributed by atoms with van der Waals surface area (Å²) in [4.78, 5) is 12.0. The summed E-state index contributed by atoms with van der Waals surface area (Å²) in [5, 5.41) is 9.48. The highest BCUT2D eigenvalue weighted by atomic mass is 16.6. The summed E-state index contributed by atoms with van der Waals surface area (Å²) >= 11 is 0. The molecular formula is C32H60O4. The van der Waals surface area contributed by atoms with E-state index in [1.54, 1.807) is 0 Å². The second-order valence-corrected chi connectivity index (χ2v) is 10.2. The summed E-state index contributed by atoms with van der Waals surface area (Å²) in [6.45, 7) is 5.24. The number of allylic oxidation sites excluding steroid dienone is 4. The van der Waals surface area contributed by atoms with Crippen LogP contribution in [-0.4, -0.2) is 37.0 Å². The fourth-order valence-electron chi connectivity index (χ4n) is 4.19. The average molecular weight is 509 g/mol. The van der Waals surface area contributed by atoms with Gasteiger partial charge in [-0.3, -0.25) is 4.79 Å². The summed E-state index contributed by atoms with van der Waals surface area (Å²) in [5.41, 5.74) is 0. The molecule has 0 amide bonds. The standard InChI is InChI=1S/C32H60O4/c1-3-5-7-9-11-13-15-16-17-18-20-22-24-26-28-35-30-31(29-33)36-32(34)27-25-23-21-19-14-12-10-8-6-4-2/h7,9,13,15,31,33H,3-6,8,10-12,14,16-30H2,1-2H3/b9-7-,15-13-. The van der Waals surface area contributed by atoms with Crippen LogP contribution in [0.2, 0.25) is 0 Å². The molecule has 4 heteroatoms. The molecule has 0 spiro atoms. The molecule has 1 unspecified atom stereocenters. The average Bonchev–Trinajstić information content (AvgIpc) is 2.88. The van der Waals surface area contributed by atoms with Crippen molar-refractivity contribution in [3.8, 4) is 0 Å². The van der Waals surface area contributed by atoms with Crippen LogP contribution >= 0.6 is 0 Å². The normalized spacial score (nSPS) is 12.6. The van der Waals surface area contributed by atoms with Gasteiger partial charge in [0.15, 0.2) is 0 Å². The smallest absolute Gasteiger partial charge is 0.306 e. The van der Waals surface area contributed by atoms with Crippen molar-refractivity contribution in [2.24, 2.45) is 0 Å². The Morgan fingerprint density at radius 3 is 1.83 bits per heavy atom. The van der Waals surface area contributed by atoms with Gasteiger partial charge in [0.05, 0.1) is 13.2 Å². The lowest BCUT2D eigenvalue weighted by Crippen LogP contribution is -2.27. The van der Waals surface area contributed by atoms with Crippen LogP contribution in [0.1, 0.15) is 149 Å². The Morgan fingerprint density at radius 2 is 1.22 bits per heavy atom. The zero-order valence-corrected chi connectivity index (χ0v) is 24.0. The first-order valence-corrected chi connectivity index (χ1v) is 15.4. The maximum atomic E-state index is 12.0. The fourth-order valence-corrected chi connectivity index (χ4v) is 4.19. The number of esters is 1. The summed E-state index contributed by atoms with van der Waals surface area (Å²) in [7, 11) is 0. The van der Waals surface area contributed by atoms with Crippen LogP contribution in [0.15, 0.2) is 24.3 Å². The van der Waals surface area contributed by atoms with Gasteiger partial charge in [-0.1, -0.05) is 128 Å². The largest absolute Gasteiger partial charge is 0.457 e. The monoisotopic (exact) mass is 508 g/mol. The third kappa shape index (κ3) is 27.5. The van der Waals surface area contributed by atoms with Crippen LogP contribution in [0, 0.1) is 0 Å². The molecule has 4 nitrogen and oxygen atoms in total. The predicted octanol–water partition coefficient (Wildman–Crippen LogP) is 9.25. The molecule has 0 radical (unpaired) electrons. The topological polar surface area (TPSA) is 55.8 Å². The van der Waals surface area contributed by atoms with Gasteiger partial charge < -0.3 is 14.6 Å². The highest BCUT2D eigenvalue weighted by molar-refractivity contribution is 5.69. The predicted molar refractivity (Wildman–Crippen MR) is 154 cm³/mol. The van der Waals surface area contributed by atoms with Crippen LogP contribution in [0.3, 0.4) is 0 Å². The second kappa shape index (κ2) is 30.1. The number of rotatable bonds is 28. The molecule has 0 saturated carbocycles. The van der Waals surface area contributed by atoms with Crippen LogP contribution in [0.25, 0.3) is 0 Å². The van der Waals surface area contributed by atoms with Crippen LogP contribution in [-0.2, 0) is 14.3 Å². The lowest BCUT2D eigenvalue weighted by molar-refractivity contribution is -0.154. The summed E-state index contributed by atoms with van der Waals surface area (Å²) in [6.07, 6.45) is 33.4. The maximum absolute atomic E-state index is 12.0. The van der Waals surface area contributed by atoms with Crippen LogP contribution < -0.4 is 0 Å². The molecule has 0 aromatic rings. The number of aliphatic hydroxyl groups is 1. The number of ether oxygens (including phenoxy) is 2. The third-order valence-corrected chi connectivity index (χ3v) is 6.51. The van der Waals surface area contributed by atoms with E-state index in [1.807, 2.05) is 0 Å². The lowest BCUT2D eigenvalue weighted by Gasteiger charge is -2.15. The number of carbonyl (C=O) groups excluding carboxylic acids is 1. The van der Waals surface area contributed by atoms with Gasteiger partial charge in [0.25, 0.3) is 0 Å². The van der Waals surface area contributed by atoms with E-state index in [0.717, 1.165) is 25.7 Å². The number of unbranched alkanes of at least 4 members (excludes halogenated alkanes) is 16. The molecule has 0 bridgehead atoms. The van der Waals surface area contributed by atoms with Crippen LogP contribution in [0.5, 0.6) is 0 Å². The highest BCUT2D eigenvalue weighted by Crippen LogP contribution is 2.12. The van der Waals surface area contributed by atoms with Crippen molar-refractivity contribution >= 4 is 5.97 Å². The third-order valence-electron chi connectivity index (χ3n) is 6.51. The van der Waals surface area contributed by atoms with Gasteiger partial charge in [-0.05, 0) is 38.5 Å². The number of hydrogen-bond donors (Lipinski definition) is 1. The number of carbonyl (C=O) groups is 1. The van der Waals surface area contributed by atoms with E-state index in [0.29, 0.717) is 19.6 Å². The zero-order chi connectivity index (χ0) is 26.4. The fraction of sp³-hybridized carbons (Fsp3) is 0.844. The molecule has 0 aromatic heterocycles. The van der Waals surface area contributed by atoms with E-state index in [4.69, 9.17) is 9.47 Å². The van der Waals surface area contributed by atoms with Crippen molar-refractivity contribution in [1.29, 1.82) is 0 Å². The van der Waals surface area contributed by atoms with Crippen molar-refractivity contribution in [2.45, 2.75) is 155 Å². The van der Waals surface area contributed by atoms with Gasteiger partial charge in [0, 0.05) is 13.0 Å². The Labute approximate surface area is 224 Å². The molecule has 0 fully saturated rings. The Balaban J connectivity index is 3.46. The Morgan fingerprint density at radius 1 is 0.667 bits per heavy atom. The lowest BCUT2D eigenvalue weighted by atomic mass is 10.1. The summed E-state index contributed by atoms with van der Waals surface area (Å²) < 4.78 is 11.0. The van der Waals surface area contributed by atoms with Crippen molar-refractivity contribution in [1.82, 2.24) is 0 Å². The van der Waals surface area contributed by atoms with Gasteiger partial charge in [-0.25, -0.2) is 0 Å². The first-order chi connectivity index (χ1) is 17.7. The minimum atomic E-state index is -0.532. The van der Waals surface area contributed by atoms with E-state index >= 15 is 0 Å². The van der Waals surface area contributed by atoms with E-state index < -0.39 is 6.10 Å². The number of hydrogen-bond acceptors (Lipinski definition) is 4. The minimum Gasteiger partial charge on any atom is -0.457 e. The van der Waals surface area contributed by atoms with E-state index in [1.165, 1.54) is 103 Å². The van der Waals surface area contributed by atoms with Gasteiger partial charge in [-0.15, -0.1) is 0 Å². The van der Waals surface area contributed by atoms with Crippen molar-refractivity contribution in [2.75, 3.05) is 19.8 Å². The van der Waals surface area contributed by atoms with Gasteiger partial charge in [0.1, 0.15) is 6.10 Å². The molecule has 0 rings (SSSR count). The molecule has 0 saturated heterocycles. The number of aliphatic hydroxyl groups excluding tert-OH is 1.